The summed E-state index contributed by atoms with van der Waals surface area (Å²) in [4.78, 5) is 54.5. The second-order valence-electron chi connectivity index (χ2n) is 11.8. The number of benzene rings is 3. The molecule has 0 radical (unpaired) electrons. The first-order valence-corrected chi connectivity index (χ1v) is 16.6. The van der Waals surface area contributed by atoms with Crippen LogP contribution < -0.4 is 14.5 Å². The highest BCUT2D eigenvalue weighted by Crippen LogP contribution is 2.67. The molecule has 2 aliphatic heterocycles. The van der Waals surface area contributed by atoms with Crippen molar-refractivity contribution in [3.63, 3.8) is 0 Å². The molecule has 2 saturated heterocycles. The zero-order valence-corrected chi connectivity index (χ0v) is 28.5. The molecule has 3 aromatic rings. The number of hydrogen-bond donors (Lipinski definition) is 1. The van der Waals surface area contributed by atoms with Crippen LogP contribution in [0.3, 0.4) is 0 Å². The van der Waals surface area contributed by atoms with Crippen LogP contribution in [0.2, 0.25) is 0 Å². The molecule has 6 atom stereocenters. The number of carbonyl (C=O) groups excluding carboxylic acids is 4. The van der Waals surface area contributed by atoms with Crippen molar-refractivity contribution in [3.05, 3.63) is 92.6 Å². The van der Waals surface area contributed by atoms with E-state index in [0.29, 0.717) is 15.7 Å². The van der Waals surface area contributed by atoms with E-state index < -0.39 is 57.0 Å². The van der Waals surface area contributed by atoms with Gasteiger partial charge in [-0.25, -0.2) is 9.29 Å². The van der Waals surface area contributed by atoms with E-state index in [0.717, 1.165) is 26.4 Å². The van der Waals surface area contributed by atoms with E-state index in [1.807, 2.05) is 0 Å². The molecule has 13 heteroatoms. The summed E-state index contributed by atoms with van der Waals surface area (Å²) in [6, 6.07) is 14.6. The van der Waals surface area contributed by atoms with Gasteiger partial charge in [-0.1, -0.05) is 43.5 Å². The zero-order chi connectivity index (χ0) is 32.9. The number of anilines is 2. The van der Waals surface area contributed by atoms with Gasteiger partial charge in [0.15, 0.2) is 21.2 Å². The van der Waals surface area contributed by atoms with Gasteiger partial charge in [-0.2, -0.15) is 0 Å². The van der Waals surface area contributed by atoms with Crippen LogP contribution in [0.25, 0.3) is 0 Å². The number of imide groups is 2. The predicted octanol–water partition coefficient (Wildman–Crippen LogP) is 6.83. The van der Waals surface area contributed by atoms with Crippen LogP contribution in [0.4, 0.5) is 15.8 Å². The van der Waals surface area contributed by atoms with Crippen molar-refractivity contribution in [2.24, 2.45) is 17.8 Å². The van der Waals surface area contributed by atoms with Crippen molar-refractivity contribution in [2.45, 2.75) is 28.5 Å². The lowest BCUT2D eigenvalue weighted by Crippen LogP contribution is -2.60. The van der Waals surface area contributed by atoms with E-state index in [4.69, 9.17) is 27.9 Å². The summed E-state index contributed by atoms with van der Waals surface area (Å²) in [6.45, 7) is 0. The molecule has 1 saturated carbocycles. The Hall–Kier alpha value is -3.25. The number of methoxy groups -OCH3 is 1. The van der Waals surface area contributed by atoms with Gasteiger partial charge in [0, 0.05) is 20.4 Å². The maximum Gasteiger partial charge on any atom is 0.258 e. The number of phenolic OH excluding ortho intramolecular Hbond substituents is 1. The molecule has 3 fully saturated rings. The monoisotopic (exact) mass is 790 g/mol. The third-order valence-electron chi connectivity index (χ3n) is 9.58. The standard InChI is InChI=1S/C33H23Br2Cl2FN2O6/c1-46-24-13-16(35)12-22(27(24)41)26-20-10-11-21-25(29(43)39(28(21)42)18-6-2-15(34)3-7-18)23(20)14-32(36)30(44)40(31(45)33(26,32)37)19-8-4-17(38)5-9-19/h2-10,12-13,21,23,25-26,41H,11,14H2,1H3/t21-,23+,25-,26+,32+,33-/m0/s1. The largest absolute Gasteiger partial charge is 0.504 e. The third-order valence-corrected chi connectivity index (χ3v) is 12.0. The van der Waals surface area contributed by atoms with Gasteiger partial charge in [-0.05, 0) is 79.4 Å². The molecule has 236 valence electrons. The molecule has 8 nitrogen and oxygen atoms in total. The molecule has 0 spiro atoms. The maximum absolute atomic E-state index is 14.5. The molecule has 2 heterocycles. The average Bonchev–Trinajstić information content (AvgIpc) is 3.37. The number of phenols is 1. The van der Waals surface area contributed by atoms with E-state index in [-0.39, 0.29) is 41.5 Å². The summed E-state index contributed by atoms with van der Waals surface area (Å²) >= 11 is 21.6. The number of hydrogen-bond acceptors (Lipinski definition) is 6. The van der Waals surface area contributed by atoms with Gasteiger partial charge in [0.2, 0.25) is 11.8 Å². The van der Waals surface area contributed by atoms with Crippen LogP contribution in [0, 0.1) is 23.6 Å². The van der Waals surface area contributed by atoms with Gasteiger partial charge >= 0.3 is 0 Å². The summed E-state index contributed by atoms with van der Waals surface area (Å²) in [6.07, 6.45) is 1.68. The molecule has 46 heavy (non-hydrogen) atoms. The molecule has 4 amide bonds. The Morgan fingerprint density at radius 3 is 2.15 bits per heavy atom. The molecule has 0 aromatic heterocycles. The smallest absolute Gasteiger partial charge is 0.258 e. The fourth-order valence-corrected chi connectivity index (χ4v) is 9.20. The number of alkyl halides is 2. The Labute approximate surface area is 289 Å². The highest BCUT2D eigenvalue weighted by atomic mass is 79.9. The lowest BCUT2D eigenvalue weighted by atomic mass is 9.56. The molecule has 7 rings (SSSR count). The number of ether oxygens (including phenoxy) is 1. The molecular weight excluding hydrogens is 770 g/mol. The predicted molar refractivity (Wildman–Crippen MR) is 176 cm³/mol. The molecule has 4 aliphatic rings. The number of halogens is 5. The summed E-state index contributed by atoms with van der Waals surface area (Å²) in [5, 5.41) is 11.5. The van der Waals surface area contributed by atoms with Crippen molar-refractivity contribution in [1.82, 2.24) is 0 Å². The van der Waals surface area contributed by atoms with E-state index in [2.05, 4.69) is 31.9 Å². The van der Waals surface area contributed by atoms with Gasteiger partial charge in [-0.15, -0.1) is 23.2 Å². The maximum atomic E-state index is 14.5. The minimum absolute atomic E-state index is 0.0593. The van der Waals surface area contributed by atoms with Crippen molar-refractivity contribution in [1.29, 1.82) is 0 Å². The van der Waals surface area contributed by atoms with Gasteiger partial charge in [0.1, 0.15) is 5.82 Å². The van der Waals surface area contributed by atoms with Gasteiger partial charge in [-0.3, -0.25) is 24.1 Å². The fraction of sp³-hybridized carbons (Fsp3) is 0.273. The van der Waals surface area contributed by atoms with Crippen molar-refractivity contribution < 1.29 is 33.4 Å². The van der Waals surface area contributed by atoms with E-state index in [1.165, 1.54) is 25.3 Å². The molecule has 0 unspecified atom stereocenters. The fourth-order valence-electron chi connectivity index (χ4n) is 7.56. The highest BCUT2D eigenvalue weighted by Gasteiger charge is 2.77. The molecule has 3 aromatic carbocycles. The van der Waals surface area contributed by atoms with Crippen LogP contribution in [0.15, 0.2) is 81.3 Å². The van der Waals surface area contributed by atoms with Crippen LogP contribution in [-0.4, -0.2) is 45.6 Å². The van der Waals surface area contributed by atoms with Crippen LogP contribution in [0.5, 0.6) is 11.5 Å². The average molecular weight is 793 g/mol. The number of amides is 4. The van der Waals surface area contributed by atoms with Crippen molar-refractivity contribution in [3.8, 4) is 11.5 Å². The third kappa shape index (κ3) is 4.20. The van der Waals surface area contributed by atoms with Gasteiger partial charge in [0.25, 0.3) is 11.8 Å². The van der Waals surface area contributed by atoms with E-state index >= 15 is 0 Å². The van der Waals surface area contributed by atoms with E-state index in [1.54, 1.807) is 36.4 Å². The van der Waals surface area contributed by atoms with Crippen molar-refractivity contribution in [2.75, 3.05) is 16.9 Å². The summed E-state index contributed by atoms with van der Waals surface area (Å²) < 4.78 is 20.5. The number of fused-ring (bicyclic) bond motifs is 4. The number of carbonyl (C=O) groups is 4. The minimum Gasteiger partial charge on any atom is -0.504 e. The second kappa shape index (κ2) is 10.9. The normalized spacial score (nSPS) is 30.3. The number of allylic oxidation sites excluding steroid dienone is 2. The Kier molecular flexibility index (Phi) is 7.43. The number of nitrogens with zero attached hydrogens (tertiary/aromatic N) is 2. The summed E-state index contributed by atoms with van der Waals surface area (Å²) in [5.41, 5.74) is 1.11. The first-order valence-electron chi connectivity index (χ1n) is 14.3. The second-order valence-corrected chi connectivity index (χ2v) is 14.9. The van der Waals surface area contributed by atoms with Crippen LogP contribution >= 0.6 is 55.1 Å². The van der Waals surface area contributed by atoms with Crippen molar-refractivity contribution >= 4 is 90.1 Å². The minimum atomic E-state index is -2.20. The lowest BCUT2D eigenvalue weighted by Gasteiger charge is -2.50. The zero-order valence-electron chi connectivity index (χ0n) is 23.8. The number of rotatable bonds is 4. The van der Waals surface area contributed by atoms with Gasteiger partial charge in [0.05, 0.1) is 30.3 Å². The molecular formula is C33H23Br2Cl2FN2O6. The first kappa shape index (κ1) is 31.4. The van der Waals surface area contributed by atoms with E-state index in [9.17, 15) is 28.7 Å². The molecule has 1 N–H and O–H groups in total. The summed E-state index contributed by atoms with van der Waals surface area (Å²) in [7, 11) is 1.36. The Morgan fingerprint density at radius 1 is 0.870 bits per heavy atom. The van der Waals surface area contributed by atoms with Crippen LogP contribution in [-0.2, 0) is 19.2 Å². The highest BCUT2D eigenvalue weighted by molar-refractivity contribution is 9.10. The Morgan fingerprint density at radius 2 is 1.50 bits per heavy atom. The Bertz CT molecular complexity index is 1890. The number of aromatic hydroxyl groups is 1. The summed E-state index contributed by atoms with van der Waals surface area (Å²) in [5.74, 6) is -7.11. The topological polar surface area (TPSA) is 104 Å². The molecule has 2 aliphatic carbocycles. The molecule has 0 bridgehead atoms. The first-order chi connectivity index (χ1) is 21.8. The Balaban J connectivity index is 1.43. The van der Waals surface area contributed by atoms with Gasteiger partial charge < -0.3 is 9.84 Å². The SMILES string of the molecule is COc1cc(Br)cc([C@H]2C3=CC[C@@H]4C(=O)N(c5ccc(Br)cc5)C(=O)[C@@H]4[C@@H]3C[C@@]3(Cl)C(=O)N(c4ccc(F)cc4)C(=O)[C@@]23Cl)c1O. The lowest BCUT2D eigenvalue weighted by molar-refractivity contribution is -0.125. The van der Waals surface area contributed by atoms with Crippen LogP contribution in [0.1, 0.15) is 24.3 Å². The quantitative estimate of drug-likeness (QED) is 0.177.